The number of aromatic carboxylic acids is 1. The van der Waals surface area contributed by atoms with Crippen LogP contribution < -0.4 is 10.5 Å². The number of nitrogens with two attached hydrogens (primary N) is 1. The molecule has 3 N–H and O–H groups in total. The molecule has 2 aliphatic carbocycles. The van der Waals surface area contributed by atoms with E-state index in [1.54, 1.807) is 12.1 Å². The molecule has 0 unspecified atom stereocenters. The maximum absolute atomic E-state index is 12.6. The lowest BCUT2D eigenvalue weighted by Crippen LogP contribution is -2.52. The van der Waals surface area contributed by atoms with Gasteiger partial charge in [-0.15, -0.1) is 0 Å². The highest BCUT2D eigenvalue weighted by atomic mass is 16.5. The molecular weight excluding hydrogens is 384 g/mol. The van der Waals surface area contributed by atoms with E-state index >= 15 is 0 Å². The van der Waals surface area contributed by atoms with Crippen molar-refractivity contribution in [3.63, 3.8) is 0 Å². The fourth-order valence-electron chi connectivity index (χ4n) is 4.45. The quantitative estimate of drug-likeness (QED) is 0.639. The van der Waals surface area contributed by atoms with Gasteiger partial charge >= 0.3 is 5.97 Å². The van der Waals surface area contributed by atoms with Gasteiger partial charge in [-0.2, -0.15) is 0 Å². The molecule has 0 heterocycles. The zero-order valence-corrected chi connectivity index (χ0v) is 18.0. The van der Waals surface area contributed by atoms with E-state index < -0.39 is 12.0 Å². The molecule has 166 valence electrons. The van der Waals surface area contributed by atoms with Crippen LogP contribution in [0.2, 0.25) is 0 Å². The molecule has 1 atom stereocenters. The molecule has 7 heteroatoms. The van der Waals surface area contributed by atoms with Gasteiger partial charge in [0.2, 0.25) is 5.91 Å². The summed E-state index contributed by atoms with van der Waals surface area (Å²) in [7, 11) is 3.40. The number of likely N-dealkylation sites (N-methyl/N-ethyl adjacent to an activating group) is 1. The largest absolute Gasteiger partial charge is 0.497 e. The Morgan fingerprint density at radius 2 is 1.90 bits per heavy atom. The first-order chi connectivity index (χ1) is 14.4. The van der Waals surface area contributed by atoms with Crippen molar-refractivity contribution in [3.05, 3.63) is 29.3 Å². The van der Waals surface area contributed by atoms with Crippen LogP contribution in [-0.4, -0.2) is 54.7 Å². The first-order valence-corrected chi connectivity index (χ1v) is 10.9. The Labute approximate surface area is 178 Å². The molecule has 0 saturated heterocycles. The summed E-state index contributed by atoms with van der Waals surface area (Å²) in [6.45, 7) is 0.846. The number of methoxy groups -OCH3 is 1. The fraction of sp³-hybridized carbons (Fsp3) is 0.652. The molecule has 0 spiro atoms. The molecule has 0 bridgehead atoms. The second-order valence-electron chi connectivity index (χ2n) is 8.68. The minimum atomic E-state index is -0.987. The number of hydrogen-bond donors (Lipinski definition) is 2. The monoisotopic (exact) mass is 418 g/mol. The van der Waals surface area contributed by atoms with Crippen LogP contribution >= 0.6 is 0 Å². The minimum Gasteiger partial charge on any atom is -0.497 e. The van der Waals surface area contributed by atoms with Crippen molar-refractivity contribution >= 4 is 11.9 Å². The standard InChI is InChI=1S/C23H34N2O5/c1-25(18-4-3-5-18)22(26)21(24)16-8-6-15(7-9-16)13-30-14-17-10-11-19(29-2)12-20(17)23(27)28/h10-12,15-16,18,21H,3-9,13-14,24H2,1-2H3,(H,27,28)/t15?,16?,21-/m0/s1. The number of nitrogens with zero attached hydrogens (tertiary/aromatic N) is 1. The molecule has 0 aliphatic heterocycles. The van der Waals surface area contributed by atoms with Crippen molar-refractivity contribution in [1.29, 1.82) is 0 Å². The molecule has 2 fully saturated rings. The highest BCUT2D eigenvalue weighted by molar-refractivity contribution is 5.89. The van der Waals surface area contributed by atoms with Crippen LogP contribution in [0.1, 0.15) is 60.9 Å². The molecule has 30 heavy (non-hydrogen) atoms. The maximum atomic E-state index is 12.6. The third-order valence-electron chi connectivity index (χ3n) is 6.81. The van der Waals surface area contributed by atoms with Crippen molar-refractivity contribution in [3.8, 4) is 5.75 Å². The van der Waals surface area contributed by atoms with E-state index in [1.807, 2.05) is 11.9 Å². The molecule has 3 rings (SSSR count). The Hall–Kier alpha value is -2.12. The molecule has 2 aliphatic rings. The van der Waals surface area contributed by atoms with Crippen molar-refractivity contribution in [2.45, 2.75) is 63.6 Å². The smallest absolute Gasteiger partial charge is 0.336 e. The summed E-state index contributed by atoms with van der Waals surface area (Å²) in [4.78, 5) is 26.0. The fourth-order valence-corrected chi connectivity index (χ4v) is 4.45. The minimum absolute atomic E-state index is 0.0834. The molecular formula is C23H34N2O5. The number of carboxylic acids is 1. The Balaban J connectivity index is 1.43. The van der Waals surface area contributed by atoms with Crippen molar-refractivity contribution in [2.75, 3.05) is 20.8 Å². The Bertz CT molecular complexity index is 741. The Morgan fingerprint density at radius 3 is 2.47 bits per heavy atom. The van der Waals surface area contributed by atoms with Crippen molar-refractivity contribution in [1.82, 2.24) is 4.90 Å². The number of carbonyl (C=O) groups is 2. The zero-order chi connectivity index (χ0) is 21.7. The molecule has 1 amide bonds. The highest BCUT2D eigenvalue weighted by Crippen LogP contribution is 2.32. The van der Waals surface area contributed by atoms with E-state index in [-0.39, 0.29) is 24.0 Å². The van der Waals surface area contributed by atoms with Crippen LogP contribution in [0.5, 0.6) is 5.75 Å². The van der Waals surface area contributed by atoms with Crippen LogP contribution in [0.15, 0.2) is 18.2 Å². The van der Waals surface area contributed by atoms with E-state index in [0.29, 0.717) is 29.9 Å². The van der Waals surface area contributed by atoms with Crippen molar-refractivity contribution < 1.29 is 24.2 Å². The number of carboxylic acid groups (broad SMARTS) is 1. The normalized spacial score (nSPS) is 22.8. The summed E-state index contributed by atoms with van der Waals surface area (Å²) >= 11 is 0. The van der Waals surface area contributed by atoms with Crippen molar-refractivity contribution in [2.24, 2.45) is 17.6 Å². The molecule has 0 radical (unpaired) electrons. The number of amides is 1. The van der Waals surface area contributed by atoms with E-state index in [2.05, 4.69) is 0 Å². The summed E-state index contributed by atoms with van der Waals surface area (Å²) in [5, 5.41) is 9.40. The van der Waals surface area contributed by atoms with Gasteiger partial charge < -0.3 is 25.2 Å². The zero-order valence-electron chi connectivity index (χ0n) is 18.0. The van der Waals surface area contributed by atoms with E-state index in [1.165, 1.54) is 19.6 Å². The predicted molar refractivity (Wildman–Crippen MR) is 113 cm³/mol. The molecule has 7 nitrogen and oxygen atoms in total. The third-order valence-corrected chi connectivity index (χ3v) is 6.81. The average molecular weight is 419 g/mol. The topological polar surface area (TPSA) is 102 Å². The summed E-state index contributed by atoms with van der Waals surface area (Å²) in [6.07, 6.45) is 7.21. The number of ether oxygens (including phenoxy) is 2. The van der Waals surface area contributed by atoms with Gasteiger partial charge in [0, 0.05) is 19.7 Å². The summed E-state index contributed by atoms with van der Waals surface area (Å²) in [6, 6.07) is 4.97. The highest BCUT2D eigenvalue weighted by Gasteiger charge is 2.34. The summed E-state index contributed by atoms with van der Waals surface area (Å²) < 4.78 is 10.9. The molecule has 0 aromatic heterocycles. The van der Waals surface area contributed by atoms with Crippen LogP contribution in [0.3, 0.4) is 0 Å². The lowest BCUT2D eigenvalue weighted by atomic mass is 9.78. The van der Waals surface area contributed by atoms with Gasteiger partial charge in [-0.3, -0.25) is 4.79 Å². The van der Waals surface area contributed by atoms with Gasteiger partial charge in [-0.25, -0.2) is 4.79 Å². The second kappa shape index (κ2) is 10.3. The Morgan fingerprint density at radius 1 is 1.20 bits per heavy atom. The Kier molecular flexibility index (Phi) is 7.72. The molecule has 1 aromatic carbocycles. The summed E-state index contributed by atoms with van der Waals surface area (Å²) in [5.74, 6) is 0.262. The van der Waals surface area contributed by atoms with Crippen LogP contribution in [0.4, 0.5) is 0 Å². The third kappa shape index (κ3) is 5.32. The van der Waals surface area contributed by atoms with Gasteiger partial charge in [0.1, 0.15) is 5.75 Å². The van der Waals surface area contributed by atoms with E-state index in [9.17, 15) is 14.7 Å². The molecule has 2 saturated carbocycles. The maximum Gasteiger partial charge on any atom is 0.336 e. The van der Waals surface area contributed by atoms with Gasteiger partial charge in [-0.05, 0) is 74.5 Å². The second-order valence-corrected chi connectivity index (χ2v) is 8.68. The lowest BCUT2D eigenvalue weighted by Gasteiger charge is -2.38. The number of rotatable bonds is 9. The van der Waals surface area contributed by atoms with Crippen LogP contribution in [0, 0.1) is 11.8 Å². The van der Waals surface area contributed by atoms with Gasteiger partial charge in [0.15, 0.2) is 0 Å². The first kappa shape index (κ1) is 22.6. The van der Waals surface area contributed by atoms with Gasteiger partial charge in [0.25, 0.3) is 0 Å². The SMILES string of the molecule is COc1ccc(COCC2CCC([C@H](N)C(=O)N(C)C3CCC3)CC2)c(C(=O)O)c1. The number of carbonyl (C=O) groups excluding carboxylic acids is 1. The van der Waals surface area contributed by atoms with E-state index in [4.69, 9.17) is 15.2 Å². The molecule has 1 aromatic rings. The number of hydrogen-bond acceptors (Lipinski definition) is 5. The van der Waals surface area contributed by atoms with E-state index in [0.717, 1.165) is 38.5 Å². The number of benzene rings is 1. The first-order valence-electron chi connectivity index (χ1n) is 10.9. The predicted octanol–water partition coefficient (Wildman–Crippen LogP) is 3.05. The van der Waals surface area contributed by atoms with Crippen LogP contribution in [0.25, 0.3) is 0 Å². The average Bonchev–Trinajstić information content (AvgIpc) is 2.72. The van der Waals surface area contributed by atoms with Gasteiger partial charge in [0.05, 0.1) is 25.3 Å². The summed E-state index contributed by atoms with van der Waals surface area (Å²) in [5.41, 5.74) is 7.16. The lowest BCUT2D eigenvalue weighted by molar-refractivity contribution is -0.136. The van der Waals surface area contributed by atoms with Crippen LogP contribution in [-0.2, 0) is 16.1 Å². The van der Waals surface area contributed by atoms with Gasteiger partial charge in [-0.1, -0.05) is 6.07 Å².